The molecule has 0 saturated carbocycles. The van der Waals surface area contributed by atoms with E-state index in [9.17, 15) is 27.1 Å². The molecule has 4 rings (SSSR count). The second kappa shape index (κ2) is 6.70. The summed E-state index contributed by atoms with van der Waals surface area (Å²) in [5, 5.41) is 9.48. The molecular formula is C20H16F2N2O4S. The first-order chi connectivity index (χ1) is 13.8. The zero-order valence-corrected chi connectivity index (χ0v) is 16.0. The van der Waals surface area contributed by atoms with Crippen molar-refractivity contribution in [2.24, 2.45) is 0 Å². The fourth-order valence-corrected chi connectivity index (χ4v) is 5.38. The normalized spacial score (nSPS) is 15.7. The molecule has 1 atom stereocenters. The molecule has 1 unspecified atom stereocenters. The number of phenolic OH excluding ortho intramolecular Hbond substituents is 1. The van der Waals surface area contributed by atoms with Crippen molar-refractivity contribution in [1.82, 2.24) is 4.57 Å². The van der Waals surface area contributed by atoms with E-state index in [4.69, 9.17) is 0 Å². The maximum absolute atomic E-state index is 14.1. The zero-order valence-electron chi connectivity index (χ0n) is 15.2. The molecule has 1 aliphatic heterocycles. The molecule has 0 spiro atoms. The van der Waals surface area contributed by atoms with Gasteiger partial charge in [0.1, 0.15) is 5.75 Å². The van der Waals surface area contributed by atoms with Crippen molar-refractivity contribution in [3.63, 3.8) is 0 Å². The Morgan fingerprint density at radius 3 is 2.24 bits per heavy atom. The third kappa shape index (κ3) is 2.80. The summed E-state index contributed by atoms with van der Waals surface area (Å²) in [6.45, 7) is 1.76. The number of carbonyl (C=O) groups excluding carboxylic acids is 1. The van der Waals surface area contributed by atoms with Gasteiger partial charge in [-0.1, -0.05) is 6.92 Å². The monoisotopic (exact) mass is 418 g/mol. The fourth-order valence-electron chi connectivity index (χ4n) is 3.67. The molecule has 1 aliphatic rings. The van der Waals surface area contributed by atoms with Crippen LogP contribution in [-0.2, 0) is 10.0 Å². The molecule has 0 radical (unpaired) electrons. The number of hydrogen-bond donors (Lipinski definition) is 1. The van der Waals surface area contributed by atoms with Crippen LogP contribution in [-0.4, -0.2) is 24.4 Å². The summed E-state index contributed by atoms with van der Waals surface area (Å²) in [5.41, 5.74) is 0.650. The van der Waals surface area contributed by atoms with E-state index in [-0.39, 0.29) is 27.7 Å². The van der Waals surface area contributed by atoms with Gasteiger partial charge in [-0.15, -0.1) is 0 Å². The lowest BCUT2D eigenvalue weighted by Crippen LogP contribution is -2.39. The Morgan fingerprint density at radius 1 is 1.03 bits per heavy atom. The molecule has 2 aromatic carbocycles. The van der Waals surface area contributed by atoms with E-state index in [1.54, 1.807) is 13.0 Å². The molecule has 0 fully saturated rings. The third-order valence-corrected chi connectivity index (χ3v) is 6.80. The first-order valence-corrected chi connectivity index (χ1v) is 10.2. The Kier molecular flexibility index (Phi) is 4.42. The molecular weight excluding hydrogens is 402 g/mol. The number of fused-ring (bicyclic) bond motifs is 3. The number of aromatic hydroxyl groups is 1. The lowest BCUT2D eigenvalue weighted by Gasteiger charge is -2.38. The minimum atomic E-state index is -4.19. The van der Waals surface area contributed by atoms with Crippen LogP contribution < -0.4 is 4.31 Å². The Balaban J connectivity index is 2.03. The highest BCUT2D eigenvalue weighted by atomic mass is 32.2. The van der Waals surface area contributed by atoms with Gasteiger partial charge < -0.3 is 9.67 Å². The van der Waals surface area contributed by atoms with E-state index < -0.39 is 27.7 Å². The minimum Gasteiger partial charge on any atom is -0.508 e. The topological polar surface area (TPSA) is 79.6 Å². The van der Waals surface area contributed by atoms with Crippen molar-refractivity contribution < 1.29 is 27.1 Å². The van der Waals surface area contributed by atoms with Crippen LogP contribution >= 0.6 is 0 Å². The maximum atomic E-state index is 14.1. The number of sulfonamides is 1. The molecule has 1 aromatic heterocycles. The van der Waals surface area contributed by atoms with Crippen LogP contribution in [0.15, 0.2) is 53.4 Å². The second-order valence-corrected chi connectivity index (χ2v) is 8.43. The number of aldehydes is 1. The minimum absolute atomic E-state index is 0.0538. The highest BCUT2D eigenvalue weighted by Crippen LogP contribution is 2.45. The number of phenols is 1. The van der Waals surface area contributed by atoms with Gasteiger partial charge in [-0.05, 0) is 42.8 Å². The van der Waals surface area contributed by atoms with E-state index in [1.165, 1.54) is 34.9 Å². The number of nitrogens with zero attached hydrogens (tertiary/aromatic N) is 2. The molecule has 0 saturated heterocycles. The zero-order chi connectivity index (χ0) is 20.9. The molecule has 9 heteroatoms. The standard InChI is InChI=1S/C20H16F2N2O4S/c1-2-17-18-8-3-12(11-25)23(18)19-9-15(21)16(22)10-20(19)24(17)29(27,28)14-6-4-13(26)5-7-14/h3-11,17,26H,2H2,1H3. The van der Waals surface area contributed by atoms with Crippen molar-refractivity contribution in [1.29, 1.82) is 0 Å². The molecule has 0 bridgehead atoms. The summed E-state index contributed by atoms with van der Waals surface area (Å²) in [7, 11) is -4.19. The van der Waals surface area contributed by atoms with Crippen molar-refractivity contribution in [2.75, 3.05) is 4.31 Å². The Labute approximate surface area is 165 Å². The number of aromatic nitrogens is 1. The van der Waals surface area contributed by atoms with Crippen LogP contribution in [0.5, 0.6) is 5.75 Å². The second-order valence-electron chi connectivity index (χ2n) is 6.61. The average Bonchev–Trinajstić information content (AvgIpc) is 3.12. The van der Waals surface area contributed by atoms with Gasteiger partial charge in [0.2, 0.25) is 0 Å². The quantitative estimate of drug-likeness (QED) is 0.651. The molecule has 29 heavy (non-hydrogen) atoms. The molecule has 2 heterocycles. The maximum Gasteiger partial charge on any atom is 0.265 e. The van der Waals surface area contributed by atoms with Crippen LogP contribution in [0.4, 0.5) is 14.5 Å². The van der Waals surface area contributed by atoms with Crippen molar-refractivity contribution in [2.45, 2.75) is 24.3 Å². The lowest BCUT2D eigenvalue weighted by atomic mass is 10.1. The highest BCUT2D eigenvalue weighted by molar-refractivity contribution is 7.92. The number of rotatable bonds is 4. The van der Waals surface area contributed by atoms with E-state index >= 15 is 0 Å². The smallest absolute Gasteiger partial charge is 0.265 e. The molecule has 150 valence electrons. The fraction of sp³-hybridized carbons (Fsp3) is 0.150. The number of halogens is 2. The molecule has 0 amide bonds. The van der Waals surface area contributed by atoms with E-state index in [2.05, 4.69) is 0 Å². The Hall–Kier alpha value is -3.20. The Bertz CT molecular complexity index is 1220. The summed E-state index contributed by atoms with van der Waals surface area (Å²) >= 11 is 0. The van der Waals surface area contributed by atoms with Gasteiger partial charge in [0.15, 0.2) is 17.9 Å². The first-order valence-electron chi connectivity index (χ1n) is 8.79. The highest BCUT2D eigenvalue weighted by Gasteiger charge is 2.40. The van der Waals surface area contributed by atoms with Crippen molar-refractivity contribution in [3.05, 3.63) is 71.6 Å². The van der Waals surface area contributed by atoms with Gasteiger partial charge in [0, 0.05) is 17.8 Å². The van der Waals surface area contributed by atoms with Gasteiger partial charge in [-0.2, -0.15) is 0 Å². The Morgan fingerprint density at radius 2 is 1.66 bits per heavy atom. The summed E-state index contributed by atoms with van der Waals surface area (Å²) < 4.78 is 57.6. The molecule has 0 aliphatic carbocycles. The van der Waals surface area contributed by atoms with Crippen LogP contribution in [0, 0.1) is 11.6 Å². The van der Waals surface area contributed by atoms with E-state index in [1.807, 2.05) is 0 Å². The van der Waals surface area contributed by atoms with Gasteiger partial charge in [-0.3, -0.25) is 9.10 Å². The van der Waals surface area contributed by atoms with E-state index in [0.717, 1.165) is 16.4 Å². The third-order valence-electron chi connectivity index (χ3n) is 4.96. The largest absolute Gasteiger partial charge is 0.508 e. The number of carbonyl (C=O) groups is 1. The number of hydrogen-bond acceptors (Lipinski definition) is 4. The number of anilines is 1. The molecule has 1 N–H and O–H groups in total. The lowest BCUT2D eigenvalue weighted by molar-refractivity contribution is 0.111. The van der Waals surface area contributed by atoms with Gasteiger partial charge in [0.05, 0.1) is 28.0 Å². The van der Waals surface area contributed by atoms with Crippen LogP contribution in [0.2, 0.25) is 0 Å². The van der Waals surface area contributed by atoms with E-state index in [0.29, 0.717) is 18.4 Å². The van der Waals surface area contributed by atoms with Gasteiger partial charge in [0.25, 0.3) is 10.0 Å². The predicted octanol–water partition coefficient (Wildman–Crippen LogP) is 3.93. The van der Waals surface area contributed by atoms with Crippen LogP contribution in [0.3, 0.4) is 0 Å². The summed E-state index contributed by atoms with van der Waals surface area (Å²) in [4.78, 5) is 11.4. The SMILES string of the molecule is CCC1c2ccc(C=O)n2-c2cc(F)c(F)cc2N1S(=O)(=O)c1ccc(O)cc1. The molecule has 3 aromatic rings. The van der Waals surface area contributed by atoms with Crippen LogP contribution in [0.25, 0.3) is 5.69 Å². The van der Waals surface area contributed by atoms with Gasteiger partial charge >= 0.3 is 0 Å². The summed E-state index contributed by atoms with van der Waals surface area (Å²) in [5.74, 6) is -2.46. The van der Waals surface area contributed by atoms with Crippen molar-refractivity contribution in [3.8, 4) is 11.4 Å². The summed E-state index contributed by atoms with van der Waals surface area (Å²) in [6, 6.07) is 9.00. The average molecular weight is 418 g/mol. The predicted molar refractivity (Wildman–Crippen MR) is 102 cm³/mol. The van der Waals surface area contributed by atoms with Crippen molar-refractivity contribution >= 4 is 22.0 Å². The van der Waals surface area contributed by atoms with Crippen LogP contribution in [0.1, 0.15) is 35.6 Å². The molecule has 6 nitrogen and oxygen atoms in total. The van der Waals surface area contributed by atoms with Gasteiger partial charge in [-0.25, -0.2) is 17.2 Å². The number of benzene rings is 2. The summed E-state index contributed by atoms with van der Waals surface area (Å²) in [6.07, 6.45) is 0.892. The first kappa shape index (κ1) is 19.1.